The highest BCUT2D eigenvalue weighted by Gasteiger charge is 2.32. The number of carbonyl (C=O) groups is 1. The number of alkyl halides is 2. The summed E-state index contributed by atoms with van der Waals surface area (Å²) in [6.07, 6.45) is 9.66. The first-order valence-corrected chi connectivity index (χ1v) is 6.87. The Kier molecular flexibility index (Phi) is 12.7. The van der Waals surface area contributed by atoms with Crippen LogP contribution in [0.3, 0.4) is 0 Å². The minimum Gasteiger partial charge on any atom is -0.479 e. The molecule has 0 rings (SSSR count). The number of hydrogen-bond acceptors (Lipinski definition) is 2. The second kappa shape index (κ2) is 11.1. The molecular formula is C12H25Cl2NO2. The molecule has 0 fully saturated rings. The topological polar surface area (TPSA) is 72.3 Å². The number of carboxylic acid groups (broad SMARTS) is 1. The fourth-order valence-corrected chi connectivity index (χ4v) is 1.86. The van der Waals surface area contributed by atoms with Crippen LogP contribution in [0.2, 0.25) is 0 Å². The Morgan fingerprint density at radius 3 is 1.82 bits per heavy atom. The van der Waals surface area contributed by atoms with Crippen molar-refractivity contribution in [2.75, 3.05) is 0 Å². The van der Waals surface area contributed by atoms with Crippen LogP contribution in [-0.4, -0.2) is 15.4 Å². The Morgan fingerprint density at radius 2 is 1.41 bits per heavy atom. The van der Waals surface area contributed by atoms with Crippen molar-refractivity contribution in [1.82, 2.24) is 6.15 Å². The van der Waals surface area contributed by atoms with E-state index in [2.05, 4.69) is 6.92 Å². The quantitative estimate of drug-likeness (QED) is 0.441. The molecule has 0 aliphatic heterocycles. The highest BCUT2D eigenvalue weighted by molar-refractivity contribution is 6.57. The number of rotatable bonds is 10. The minimum absolute atomic E-state index is 0. The molecule has 4 N–H and O–H groups in total. The maximum Gasteiger partial charge on any atom is 0.340 e. The molecule has 0 atom stereocenters. The van der Waals surface area contributed by atoms with Crippen molar-refractivity contribution >= 4 is 29.2 Å². The summed E-state index contributed by atoms with van der Waals surface area (Å²) in [4.78, 5) is 10.6. The van der Waals surface area contributed by atoms with Gasteiger partial charge in [0.2, 0.25) is 4.33 Å². The molecule has 0 saturated heterocycles. The molecule has 0 aromatic heterocycles. The van der Waals surface area contributed by atoms with Crippen molar-refractivity contribution in [2.45, 2.75) is 69.0 Å². The van der Waals surface area contributed by atoms with Gasteiger partial charge in [0.15, 0.2) is 0 Å². The Balaban J connectivity index is 0. The number of unbranched alkanes of at least 4 members (excludes halogenated alkanes) is 7. The molecule has 104 valence electrons. The van der Waals surface area contributed by atoms with Crippen LogP contribution < -0.4 is 6.15 Å². The van der Waals surface area contributed by atoms with E-state index in [1.165, 1.54) is 32.1 Å². The molecule has 3 nitrogen and oxygen atoms in total. The average Bonchev–Trinajstić information content (AvgIpc) is 2.21. The fourth-order valence-electron chi connectivity index (χ4n) is 1.59. The first-order valence-electron chi connectivity index (χ1n) is 6.12. The Bertz CT molecular complexity index is 199. The van der Waals surface area contributed by atoms with Gasteiger partial charge in [-0.15, -0.1) is 0 Å². The molecule has 0 aromatic carbocycles. The zero-order chi connectivity index (χ0) is 12.4. The lowest BCUT2D eigenvalue weighted by Gasteiger charge is -2.13. The van der Waals surface area contributed by atoms with Crippen LogP contribution in [0.15, 0.2) is 0 Å². The molecule has 0 aromatic rings. The van der Waals surface area contributed by atoms with Gasteiger partial charge in [0.1, 0.15) is 0 Å². The van der Waals surface area contributed by atoms with Crippen LogP contribution in [0.1, 0.15) is 64.7 Å². The van der Waals surface area contributed by atoms with Gasteiger partial charge in [0.05, 0.1) is 0 Å². The SMILES string of the molecule is CCCCCCCCCCC(Cl)(Cl)C(=O)O.N. The van der Waals surface area contributed by atoms with E-state index in [1.807, 2.05) is 0 Å². The molecular weight excluding hydrogens is 261 g/mol. The summed E-state index contributed by atoms with van der Waals surface area (Å²) in [5, 5.41) is 8.68. The van der Waals surface area contributed by atoms with Crippen molar-refractivity contribution in [2.24, 2.45) is 0 Å². The summed E-state index contributed by atoms with van der Waals surface area (Å²) in [5.41, 5.74) is 0. The highest BCUT2D eigenvalue weighted by Crippen LogP contribution is 2.28. The monoisotopic (exact) mass is 285 g/mol. The van der Waals surface area contributed by atoms with Gasteiger partial charge in [-0.25, -0.2) is 4.79 Å². The molecule has 0 spiro atoms. The summed E-state index contributed by atoms with van der Waals surface area (Å²) < 4.78 is -1.60. The van der Waals surface area contributed by atoms with E-state index in [1.54, 1.807) is 0 Å². The zero-order valence-corrected chi connectivity index (χ0v) is 12.2. The third kappa shape index (κ3) is 10.9. The van der Waals surface area contributed by atoms with Gasteiger partial charge < -0.3 is 11.3 Å². The van der Waals surface area contributed by atoms with Crippen molar-refractivity contribution < 1.29 is 9.90 Å². The van der Waals surface area contributed by atoms with Crippen molar-refractivity contribution in [3.63, 3.8) is 0 Å². The number of halogens is 2. The lowest BCUT2D eigenvalue weighted by molar-refractivity contribution is -0.138. The summed E-state index contributed by atoms with van der Waals surface area (Å²) in [6, 6.07) is 0. The molecule has 0 amide bonds. The normalized spacial score (nSPS) is 11.0. The fraction of sp³-hybridized carbons (Fsp3) is 0.917. The van der Waals surface area contributed by atoms with Crippen LogP contribution in [0.5, 0.6) is 0 Å². The van der Waals surface area contributed by atoms with Gasteiger partial charge in [-0.2, -0.15) is 0 Å². The van der Waals surface area contributed by atoms with Gasteiger partial charge in [0, 0.05) is 0 Å². The molecule has 5 heteroatoms. The van der Waals surface area contributed by atoms with E-state index in [9.17, 15) is 4.79 Å². The summed E-state index contributed by atoms with van der Waals surface area (Å²) >= 11 is 11.2. The highest BCUT2D eigenvalue weighted by atomic mass is 35.5. The number of hydrogen-bond donors (Lipinski definition) is 2. The predicted molar refractivity (Wildman–Crippen MR) is 74.3 cm³/mol. The lowest BCUT2D eigenvalue weighted by atomic mass is 10.1. The first kappa shape index (κ1) is 19.4. The summed E-state index contributed by atoms with van der Waals surface area (Å²) in [5.74, 6) is -1.14. The minimum atomic E-state index is -1.60. The van der Waals surface area contributed by atoms with E-state index in [0.29, 0.717) is 6.42 Å². The van der Waals surface area contributed by atoms with Crippen molar-refractivity contribution in [1.29, 1.82) is 0 Å². The van der Waals surface area contributed by atoms with Crippen molar-refractivity contribution in [3.05, 3.63) is 0 Å². The molecule has 0 aliphatic rings. The maximum absolute atomic E-state index is 10.6. The lowest BCUT2D eigenvalue weighted by Crippen LogP contribution is -2.25. The van der Waals surface area contributed by atoms with E-state index in [4.69, 9.17) is 28.3 Å². The summed E-state index contributed by atoms with van der Waals surface area (Å²) in [6.45, 7) is 2.20. The third-order valence-electron chi connectivity index (χ3n) is 2.66. The standard InChI is InChI=1S/C12H22Cl2O2.H3N/c1-2-3-4-5-6-7-8-9-10-12(13,14)11(15)16;/h2-10H2,1H3,(H,15,16);1H3. The van der Waals surface area contributed by atoms with Gasteiger partial charge in [-0.1, -0.05) is 75.1 Å². The Hall–Kier alpha value is 0.01000. The Morgan fingerprint density at radius 1 is 1.00 bits per heavy atom. The van der Waals surface area contributed by atoms with Crippen LogP contribution >= 0.6 is 23.2 Å². The number of aliphatic carboxylic acids is 1. The molecule has 17 heavy (non-hydrogen) atoms. The van der Waals surface area contributed by atoms with E-state index in [0.717, 1.165) is 19.3 Å². The second-order valence-electron chi connectivity index (χ2n) is 4.23. The van der Waals surface area contributed by atoms with E-state index < -0.39 is 10.3 Å². The average molecular weight is 286 g/mol. The molecule has 0 heterocycles. The van der Waals surface area contributed by atoms with Gasteiger partial charge in [0.25, 0.3) is 0 Å². The van der Waals surface area contributed by atoms with E-state index >= 15 is 0 Å². The second-order valence-corrected chi connectivity index (χ2v) is 5.72. The molecule has 0 aliphatic carbocycles. The Labute approximate surface area is 114 Å². The smallest absolute Gasteiger partial charge is 0.340 e. The molecule has 0 radical (unpaired) electrons. The molecule has 0 bridgehead atoms. The number of carboxylic acids is 1. The van der Waals surface area contributed by atoms with Crippen LogP contribution in [0.4, 0.5) is 0 Å². The van der Waals surface area contributed by atoms with E-state index in [-0.39, 0.29) is 6.15 Å². The van der Waals surface area contributed by atoms with Crippen LogP contribution in [0, 0.1) is 0 Å². The third-order valence-corrected chi connectivity index (χ3v) is 3.36. The van der Waals surface area contributed by atoms with Crippen molar-refractivity contribution in [3.8, 4) is 0 Å². The zero-order valence-electron chi connectivity index (χ0n) is 10.7. The van der Waals surface area contributed by atoms with Gasteiger partial charge >= 0.3 is 5.97 Å². The molecule has 0 unspecified atom stereocenters. The maximum atomic E-state index is 10.6. The van der Waals surface area contributed by atoms with Crippen LogP contribution in [-0.2, 0) is 4.79 Å². The largest absolute Gasteiger partial charge is 0.479 e. The van der Waals surface area contributed by atoms with Gasteiger partial charge in [-0.05, 0) is 12.8 Å². The first-order chi connectivity index (χ1) is 7.50. The van der Waals surface area contributed by atoms with Gasteiger partial charge in [-0.3, -0.25) is 0 Å². The predicted octanol–water partition coefficient (Wildman–Crippen LogP) is 4.94. The molecule has 0 saturated carbocycles. The summed E-state index contributed by atoms with van der Waals surface area (Å²) in [7, 11) is 0. The van der Waals surface area contributed by atoms with Crippen LogP contribution in [0.25, 0.3) is 0 Å².